The molecule has 0 unspecified atom stereocenters. The molecule has 0 amide bonds. The third-order valence-corrected chi connectivity index (χ3v) is 1.91. The first-order valence-corrected chi connectivity index (χ1v) is 5.50. The number of esters is 1. The van der Waals surface area contributed by atoms with Crippen LogP contribution in [-0.2, 0) is 14.3 Å². The third-order valence-electron chi connectivity index (χ3n) is 1.91. The Morgan fingerprint density at radius 1 is 1.24 bits per heavy atom. The summed E-state index contributed by atoms with van der Waals surface area (Å²) in [5.41, 5.74) is 0. The summed E-state index contributed by atoms with van der Waals surface area (Å²) in [5.74, 6) is -1.58. The van der Waals surface area contributed by atoms with Crippen LogP contribution in [0.3, 0.4) is 0 Å². The van der Waals surface area contributed by atoms with E-state index < -0.39 is 24.1 Å². The Hall–Kier alpha value is -1.14. The first kappa shape index (κ1) is 15.9. The molecule has 0 aromatic carbocycles. The van der Waals surface area contributed by atoms with E-state index in [0.29, 0.717) is 11.0 Å². The number of aliphatic carboxylic acids is 1. The summed E-state index contributed by atoms with van der Waals surface area (Å²) in [5, 5.41) is 17.8. The van der Waals surface area contributed by atoms with E-state index in [1.807, 2.05) is 21.1 Å². The number of rotatable bonds is 7. The number of aliphatic hydroxyl groups excluding tert-OH is 1. The Morgan fingerprint density at radius 2 is 1.76 bits per heavy atom. The minimum atomic E-state index is -1.01. The summed E-state index contributed by atoms with van der Waals surface area (Å²) in [6.07, 6.45) is -1.79. The van der Waals surface area contributed by atoms with Crippen LogP contribution < -0.4 is 0 Å². The average Bonchev–Trinajstić information content (AvgIpc) is 1.95. The monoisotopic (exact) mass is 248 g/mol. The van der Waals surface area contributed by atoms with Crippen LogP contribution in [-0.4, -0.2) is 66.5 Å². The van der Waals surface area contributed by atoms with E-state index in [4.69, 9.17) is 14.9 Å². The lowest BCUT2D eigenvalue weighted by molar-refractivity contribution is -0.873. The number of carbonyl (C=O) groups excluding carboxylic acids is 1. The Morgan fingerprint density at radius 3 is 2.12 bits per heavy atom. The minimum absolute atomic E-state index is 0.118. The predicted molar refractivity (Wildman–Crippen MR) is 61.3 cm³/mol. The molecule has 0 bridgehead atoms. The van der Waals surface area contributed by atoms with Gasteiger partial charge in [0.15, 0.2) is 6.10 Å². The molecule has 0 saturated carbocycles. The zero-order valence-electron chi connectivity index (χ0n) is 10.8. The summed E-state index contributed by atoms with van der Waals surface area (Å²) >= 11 is 0. The van der Waals surface area contributed by atoms with Crippen molar-refractivity contribution in [2.24, 2.45) is 0 Å². The normalized spacial score (nSPS) is 15.1. The van der Waals surface area contributed by atoms with Crippen molar-refractivity contribution < 1.29 is 29.0 Å². The van der Waals surface area contributed by atoms with E-state index in [2.05, 4.69) is 0 Å². The molecule has 0 spiro atoms. The molecule has 2 N–H and O–H groups in total. The van der Waals surface area contributed by atoms with Gasteiger partial charge in [-0.25, -0.2) is 0 Å². The van der Waals surface area contributed by atoms with Gasteiger partial charge in [-0.2, -0.15) is 0 Å². The molecule has 0 saturated heterocycles. The number of nitrogens with zero attached hydrogens (tertiary/aromatic N) is 1. The molecule has 2 atom stereocenters. The van der Waals surface area contributed by atoms with Crippen molar-refractivity contribution in [2.45, 2.75) is 32.0 Å². The maximum Gasteiger partial charge on any atom is 0.308 e. The summed E-state index contributed by atoms with van der Waals surface area (Å²) in [7, 11) is 5.66. The van der Waals surface area contributed by atoms with Gasteiger partial charge in [-0.15, -0.1) is 0 Å². The molecule has 100 valence electrons. The van der Waals surface area contributed by atoms with Gasteiger partial charge in [0, 0.05) is 0 Å². The molecule has 0 aliphatic heterocycles. The number of hydrogen-bond acceptors (Lipinski definition) is 4. The number of ether oxygens (including phenoxy) is 1. The molecule has 0 aliphatic carbocycles. The molecule has 0 radical (unpaired) electrons. The number of carboxylic acid groups (broad SMARTS) is 1. The van der Waals surface area contributed by atoms with Crippen LogP contribution in [0.1, 0.15) is 19.8 Å². The number of likely N-dealkylation sites (N-methyl/N-ethyl adjacent to an activating group) is 1. The number of quaternary nitrogens is 1. The molecule has 0 aliphatic rings. The van der Waals surface area contributed by atoms with Gasteiger partial charge >= 0.3 is 11.9 Å². The maximum absolute atomic E-state index is 11.3. The molecule has 0 aromatic rings. The molecule has 0 rings (SSSR count). The number of hydrogen-bond donors (Lipinski definition) is 2. The van der Waals surface area contributed by atoms with E-state index in [9.17, 15) is 9.59 Å². The molecular weight excluding hydrogens is 226 g/mol. The summed E-state index contributed by atoms with van der Waals surface area (Å²) < 4.78 is 5.55. The summed E-state index contributed by atoms with van der Waals surface area (Å²) in [4.78, 5) is 22.0. The lowest BCUT2D eigenvalue weighted by atomic mass is 10.2. The molecule has 0 heterocycles. The Balaban J connectivity index is 4.38. The first-order valence-electron chi connectivity index (χ1n) is 5.50. The summed E-state index contributed by atoms with van der Waals surface area (Å²) in [6.45, 7) is 1.89. The molecule has 0 fully saturated rings. The smallest absolute Gasteiger partial charge is 0.308 e. The van der Waals surface area contributed by atoms with E-state index in [-0.39, 0.29) is 12.8 Å². The predicted octanol–water partition coefficient (Wildman–Crippen LogP) is -0.150. The zero-order valence-corrected chi connectivity index (χ0v) is 10.8. The minimum Gasteiger partial charge on any atom is -0.481 e. The fourth-order valence-corrected chi connectivity index (χ4v) is 1.42. The Kier molecular flexibility index (Phi) is 6.12. The van der Waals surface area contributed by atoms with Crippen LogP contribution in [0.4, 0.5) is 0 Å². The van der Waals surface area contributed by atoms with Gasteiger partial charge < -0.3 is 19.4 Å². The fraction of sp³-hybridized carbons (Fsp3) is 0.818. The quantitative estimate of drug-likeness (QED) is 0.483. The van der Waals surface area contributed by atoms with Gasteiger partial charge in [0.05, 0.1) is 40.1 Å². The highest BCUT2D eigenvalue weighted by Crippen LogP contribution is 2.07. The van der Waals surface area contributed by atoms with Gasteiger partial charge in [0.2, 0.25) is 0 Å². The van der Waals surface area contributed by atoms with Crippen LogP contribution in [0.2, 0.25) is 0 Å². The number of carbonyl (C=O) groups is 2. The molecule has 6 nitrogen and oxygen atoms in total. The largest absolute Gasteiger partial charge is 0.481 e. The van der Waals surface area contributed by atoms with E-state index in [1.165, 1.54) is 6.92 Å². The van der Waals surface area contributed by atoms with Crippen molar-refractivity contribution in [3.8, 4) is 0 Å². The van der Waals surface area contributed by atoms with Crippen molar-refractivity contribution in [1.82, 2.24) is 0 Å². The third kappa shape index (κ3) is 9.77. The van der Waals surface area contributed by atoms with Crippen LogP contribution in [0, 0.1) is 0 Å². The topological polar surface area (TPSA) is 83.8 Å². The lowest BCUT2D eigenvalue weighted by Crippen LogP contribution is -2.44. The fourth-order valence-electron chi connectivity index (χ4n) is 1.42. The SMILES string of the molecule is C[C@@H](O)CC(=O)O[C@@H](CC(=O)O)C[N+](C)(C)C. The van der Waals surface area contributed by atoms with Crippen LogP contribution in [0.5, 0.6) is 0 Å². The summed E-state index contributed by atoms with van der Waals surface area (Å²) in [6, 6.07) is 0. The van der Waals surface area contributed by atoms with Gasteiger partial charge in [0.1, 0.15) is 6.54 Å². The van der Waals surface area contributed by atoms with E-state index >= 15 is 0 Å². The van der Waals surface area contributed by atoms with Crippen LogP contribution in [0.15, 0.2) is 0 Å². The lowest BCUT2D eigenvalue weighted by Gasteiger charge is -2.28. The molecule has 0 aromatic heterocycles. The molecule has 17 heavy (non-hydrogen) atoms. The maximum atomic E-state index is 11.3. The van der Waals surface area contributed by atoms with Gasteiger partial charge in [-0.05, 0) is 6.92 Å². The van der Waals surface area contributed by atoms with Crippen molar-refractivity contribution in [2.75, 3.05) is 27.7 Å². The van der Waals surface area contributed by atoms with Crippen molar-refractivity contribution in [1.29, 1.82) is 0 Å². The van der Waals surface area contributed by atoms with Crippen LogP contribution >= 0.6 is 0 Å². The van der Waals surface area contributed by atoms with Crippen molar-refractivity contribution in [3.63, 3.8) is 0 Å². The highest BCUT2D eigenvalue weighted by molar-refractivity contribution is 5.71. The van der Waals surface area contributed by atoms with Crippen molar-refractivity contribution in [3.05, 3.63) is 0 Å². The van der Waals surface area contributed by atoms with E-state index in [0.717, 1.165) is 0 Å². The second-order valence-corrected chi connectivity index (χ2v) is 5.24. The Labute approximate surface area is 101 Å². The Bertz CT molecular complexity index is 270. The average molecular weight is 248 g/mol. The van der Waals surface area contributed by atoms with Crippen LogP contribution in [0.25, 0.3) is 0 Å². The van der Waals surface area contributed by atoms with Gasteiger partial charge in [-0.3, -0.25) is 9.59 Å². The zero-order chi connectivity index (χ0) is 13.6. The van der Waals surface area contributed by atoms with Crippen molar-refractivity contribution >= 4 is 11.9 Å². The standard InChI is InChI=1S/C11H21NO5/c1-8(13)5-11(16)17-9(6-10(14)15)7-12(2,3)4/h8-9,13H,5-7H2,1-4H3/p+1/t8-,9+/m1/s1. The molecular formula is C11H22NO5+. The van der Waals surface area contributed by atoms with Gasteiger partial charge in [0.25, 0.3) is 0 Å². The first-order chi connectivity index (χ1) is 7.60. The molecule has 6 heteroatoms. The highest BCUT2D eigenvalue weighted by atomic mass is 16.5. The van der Waals surface area contributed by atoms with E-state index in [1.54, 1.807) is 0 Å². The number of aliphatic hydroxyl groups is 1. The highest BCUT2D eigenvalue weighted by Gasteiger charge is 2.25. The second-order valence-electron chi connectivity index (χ2n) is 5.24. The number of carboxylic acids is 1. The van der Waals surface area contributed by atoms with Gasteiger partial charge in [-0.1, -0.05) is 0 Å². The second kappa shape index (κ2) is 6.56.